The zero-order valence-corrected chi connectivity index (χ0v) is 15.7. The Kier molecular flexibility index (Phi) is 8.22. The predicted molar refractivity (Wildman–Crippen MR) is 98.1 cm³/mol. The van der Waals surface area contributed by atoms with Crippen LogP contribution < -0.4 is 5.32 Å². The molecule has 2 rings (SSSR count). The van der Waals surface area contributed by atoms with Crippen molar-refractivity contribution in [3.63, 3.8) is 0 Å². The number of ether oxygens (including phenoxy) is 1. The molecule has 0 unspecified atom stereocenters. The van der Waals surface area contributed by atoms with Gasteiger partial charge in [0.1, 0.15) is 0 Å². The number of amides is 1. The lowest BCUT2D eigenvalue weighted by atomic mass is 9.97. The highest BCUT2D eigenvalue weighted by Crippen LogP contribution is 2.19. The second-order valence-corrected chi connectivity index (χ2v) is 7.20. The maximum atomic E-state index is 12.4. The number of nitrogens with zero attached hydrogens (tertiary/aromatic N) is 2. The molecule has 1 N–H and O–H groups in total. The van der Waals surface area contributed by atoms with Crippen molar-refractivity contribution in [2.45, 2.75) is 58.0 Å². The van der Waals surface area contributed by atoms with Gasteiger partial charge in [0.15, 0.2) is 0 Å². The molecule has 1 fully saturated rings. The molecule has 24 heavy (non-hydrogen) atoms. The van der Waals surface area contributed by atoms with Crippen LogP contribution in [0.4, 0.5) is 0 Å². The fourth-order valence-corrected chi connectivity index (χ4v) is 3.71. The summed E-state index contributed by atoms with van der Waals surface area (Å²) < 4.78 is 5.18. The minimum atomic E-state index is -0.0441. The van der Waals surface area contributed by atoms with Gasteiger partial charge < -0.3 is 10.1 Å². The lowest BCUT2D eigenvalue weighted by molar-refractivity contribution is -0.127. The summed E-state index contributed by atoms with van der Waals surface area (Å²) in [5, 5.41) is 3.13. The van der Waals surface area contributed by atoms with Crippen molar-refractivity contribution in [1.29, 1.82) is 0 Å². The molecule has 2 atom stereocenters. The van der Waals surface area contributed by atoms with Crippen LogP contribution in [0, 0.1) is 0 Å². The van der Waals surface area contributed by atoms with Gasteiger partial charge >= 0.3 is 0 Å². The normalized spacial score (nSPS) is 24.5. The topological polar surface area (TPSA) is 44.8 Å². The first kappa shape index (κ1) is 19.4. The molecule has 2 aliphatic rings. The summed E-state index contributed by atoms with van der Waals surface area (Å²) in [6.45, 7) is 9.71. The van der Waals surface area contributed by atoms with E-state index in [0.29, 0.717) is 6.04 Å². The molecule has 5 heteroatoms. The van der Waals surface area contributed by atoms with Crippen LogP contribution in [0.5, 0.6) is 0 Å². The van der Waals surface area contributed by atoms with Crippen LogP contribution in [-0.4, -0.2) is 74.2 Å². The molecule has 1 aliphatic heterocycles. The van der Waals surface area contributed by atoms with Crippen molar-refractivity contribution in [2.75, 3.05) is 46.4 Å². The summed E-state index contributed by atoms with van der Waals surface area (Å²) in [6, 6.07) is 0.425. The van der Waals surface area contributed by atoms with Gasteiger partial charge in [-0.1, -0.05) is 11.6 Å². The third-order valence-corrected chi connectivity index (χ3v) is 5.44. The Hall–Kier alpha value is -0.910. The van der Waals surface area contributed by atoms with Gasteiger partial charge in [0.05, 0.1) is 12.6 Å². The Morgan fingerprint density at radius 1 is 1.42 bits per heavy atom. The van der Waals surface area contributed by atoms with E-state index >= 15 is 0 Å². The summed E-state index contributed by atoms with van der Waals surface area (Å²) in [5.74, 6) is 0.170. The van der Waals surface area contributed by atoms with Gasteiger partial charge in [-0.3, -0.25) is 14.6 Å². The predicted octanol–water partition coefficient (Wildman–Crippen LogP) is 2.03. The SMILES string of the molecule is COCCN1CCN([C@@H](C)C(=O)NCCC2=CCCCC2)C[C@H]1C. The smallest absolute Gasteiger partial charge is 0.237 e. The zero-order valence-electron chi connectivity index (χ0n) is 15.7. The molecule has 0 bridgehead atoms. The number of methoxy groups -OCH3 is 1. The van der Waals surface area contributed by atoms with Crippen LogP contribution >= 0.6 is 0 Å². The molecule has 1 amide bonds. The number of rotatable bonds is 8. The van der Waals surface area contributed by atoms with Crippen molar-refractivity contribution in [3.05, 3.63) is 11.6 Å². The van der Waals surface area contributed by atoms with Crippen molar-refractivity contribution in [1.82, 2.24) is 15.1 Å². The van der Waals surface area contributed by atoms with Crippen LogP contribution in [0.15, 0.2) is 11.6 Å². The molecule has 1 saturated heterocycles. The summed E-state index contributed by atoms with van der Waals surface area (Å²) in [5.41, 5.74) is 1.52. The van der Waals surface area contributed by atoms with Gasteiger partial charge in [-0.05, 0) is 46.0 Å². The molecular formula is C19H35N3O2. The van der Waals surface area contributed by atoms with Crippen LogP contribution in [0.1, 0.15) is 46.0 Å². The Labute approximate surface area is 147 Å². The number of piperazine rings is 1. The molecule has 0 aromatic rings. The molecule has 1 aliphatic carbocycles. The van der Waals surface area contributed by atoms with Crippen LogP contribution in [0.3, 0.4) is 0 Å². The second kappa shape index (κ2) is 10.2. The molecule has 0 spiro atoms. The minimum Gasteiger partial charge on any atom is -0.383 e. The lowest BCUT2D eigenvalue weighted by Gasteiger charge is -2.41. The Balaban J connectivity index is 1.70. The second-order valence-electron chi connectivity index (χ2n) is 7.20. The molecule has 0 radical (unpaired) electrons. The fraction of sp³-hybridized carbons (Fsp3) is 0.842. The number of allylic oxidation sites excluding steroid dienone is 1. The Bertz CT molecular complexity index is 425. The van der Waals surface area contributed by atoms with Gasteiger partial charge in [0.25, 0.3) is 0 Å². The molecule has 0 aromatic heterocycles. The molecule has 0 saturated carbocycles. The maximum Gasteiger partial charge on any atom is 0.237 e. The lowest BCUT2D eigenvalue weighted by Crippen LogP contribution is -2.57. The first-order valence-corrected chi connectivity index (χ1v) is 9.54. The zero-order chi connectivity index (χ0) is 17.4. The Morgan fingerprint density at radius 3 is 2.92 bits per heavy atom. The van der Waals surface area contributed by atoms with E-state index in [4.69, 9.17) is 4.74 Å². The monoisotopic (exact) mass is 337 g/mol. The van der Waals surface area contributed by atoms with Crippen molar-refractivity contribution in [3.8, 4) is 0 Å². The van der Waals surface area contributed by atoms with Gasteiger partial charge in [-0.15, -0.1) is 0 Å². The third kappa shape index (κ3) is 5.87. The average molecular weight is 338 g/mol. The first-order chi connectivity index (χ1) is 11.6. The fourth-order valence-electron chi connectivity index (χ4n) is 3.71. The maximum absolute atomic E-state index is 12.4. The van der Waals surface area contributed by atoms with E-state index in [9.17, 15) is 4.79 Å². The molecule has 1 heterocycles. The average Bonchev–Trinajstić information content (AvgIpc) is 2.61. The number of hydrogen-bond donors (Lipinski definition) is 1. The minimum absolute atomic E-state index is 0.0441. The standard InChI is InChI=1S/C19H35N3O2/c1-16-15-22(12-11-21(16)13-14-24-3)17(2)19(23)20-10-9-18-7-5-4-6-8-18/h7,16-17H,4-6,8-15H2,1-3H3,(H,20,23)/t16-,17+/m1/s1. The molecule has 0 aromatic carbocycles. The van der Waals surface area contributed by atoms with Gasteiger partial charge in [-0.2, -0.15) is 0 Å². The Morgan fingerprint density at radius 2 is 2.25 bits per heavy atom. The van der Waals surface area contributed by atoms with E-state index in [-0.39, 0.29) is 11.9 Å². The van der Waals surface area contributed by atoms with E-state index in [1.165, 1.54) is 31.3 Å². The summed E-state index contributed by atoms with van der Waals surface area (Å²) in [6.07, 6.45) is 8.43. The highest BCUT2D eigenvalue weighted by molar-refractivity contribution is 5.81. The number of nitrogens with one attached hydrogen (secondary N) is 1. The highest BCUT2D eigenvalue weighted by atomic mass is 16.5. The number of carbonyl (C=O) groups is 1. The quantitative estimate of drug-likeness (QED) is 0.689. The van der Waals surface area contributed by atoms with E-state index < -0.39 is 0 Å². The van der Waals surface area contributed by atoms with Gasteiger partial charge in [0, 0.05) is 45.9 Å². The first-order valence-electron chi connectivity index (χ1n) is 9.54. The molecule has 5 nitrogen and oxygen atoms in total. The largest absolute Gasteiger partial charge is 0.383 e. The van der Waals surface area contributed by atoms with Crippen LogP contribution in [0.25, 0.3) is 0 Å². The summed E-state index contributed by atoms with van der Waals surface area (Å²) >= 11 is 0. The number of carbonyl (C=O) groups excluding carboxylic acids is 1. The van der Waals surface area contributed by atoms with Crippen LogP contribution in [0.2, 0.25) is 0 Å². The molecular weight excluding hydrogens is 302 g/mol. The van der Waals surface area contributed by atoms with Gasteiger partial charge in [0.2, 0.25) is 5.91 Å². The number of hydrogen-bond acceptors (Lipinski definition) is 4. The van der Waals surface area contributed by atoms with Gasteiger partial charge in [-0.25, -0.2) is 0 Å². The van der Waals surface area contributed by atoms with E-state index in [2.05, 4.69) is 28.1 Å². The molecule has 138 valence electrons. The third-order valence-electron chi connectivity index (χ3n) is 5.44. The highest BCUT2D eigenvalue weighted by Gasteiger charge is 2.29. The summed E-state index contributed by atoms with van der Waals surface area (Å²) in [7, 11) is 1.75. The van der Waals surface area contributed by atoms with Crippen molar-refractivity contribution < 1.29 is 9.53 Å². The van der Waals surface area contributed by atoms with Crippen molar-refractivity contribution >= 4 is 5.91 Å². The summed E-state index contributed by atoms with van der Waals surface area (Å²) in [4.78, 5) is 17.2. The van der Waals surface area contributed by atoms with E-state index in [1.807, 2.05) is 6.92 Å². The van der Waals surface area contributed by atoms with Crippen LogP contribution in [-0.2, 0) is 9.53 Å². The van der Waals surface area contributed by atoms with E-state index in [1.54, 1.807) is 7.11 Å². The van der Waals surface area contributed by atoms with Crippen molar-refractivity contribution in [2.24, 2.45) is 0 Å². The van der Waals surface area contributed by atoms with E-state index in [0.717, 1.165) is 45.8 Å².